The first-order valence-electron chi connectivity index (χ1n) is 7.37. The van der Waals surface area contributed by atoms with Crippen LogP contribution in [0.25, 0.3) is 0 Å². The molecule has 0 aliphatic heterocycles. The molecule has 106 valence electrons. The smallest absolute Gasteiger partial charge is 0.103 e. The molecule has 0 aliphatic carbocycles. The average Bonchev–Trinajstić information content (AvgIpc) is 2.42. The Labute approximate surface area is 114 Å². The summed E-state index contributed by atoms with van der Waals surface area (Å²) < 4.78 is 0. The first-order chi connectivity index (χ1) is 8.55. The number of rotatable bonds is 10. The third-order valence-electron chi connectivity index (χ3n) is 4.07. The van der Waals surface area contributed by atoms with Crippen LogP contribution in [-0.4, -0.2) is 37.1 Å². The molecule has 3 nitrogen and oxygen atoms in total. The molecule has 18 heavy (non-hydrogen) atoms. The zero-order chi connectivity index (χ0) is 14.0. The predicted octanol–water partition coefficient (Wildman–Crippen LogP) is 3.03. The van der Waals surface area contributed by atoms with E-state index in [4.69, 9.17) is 5.26 Å². The molecule has 0 saturated heterocycles. The number of nitrogens with one attached hydrogen (secondary N) is 1. The zero-order valence-corrected chi connectivity index (χ0v) is 12.9. The van der Waals surface area contributed by atoms with Gasteiger partial charge in [0, 0.05) is 6.54 Å². The highest BCUT2D eigenvalue weighted by molar-refractivity contribution is 5.02. The highest BCUT2D eigenvalue weighted by atomic mass is 15.1. The van der Waals surface area contributed by atoms with Gasteiger partial charge in [-0.15, -0.1) is 0 Å². The van der Waals surface area contributed by atoms with E-state index in [0.717, 1.165) is 31.8 Å². The van der Waals surface area contributed by atoms with Gasteiger partial charge >= 0.3 is 0 Å². The predicted molar refractivity (Wildman–Crippen MR) is 78.5 cm³/mol. The Morgan fingerprint density at radius 1 is 1.28 bits per heavy atom. The van der Waals surface area contributed by atoms with E-state index in [-0.39, 0.29) is 5.54 Å². The van der Waals surface area contributed by atoms with E-state index < -0.39 is 0 Å². The summed E-state index contributed by atoms with van der Waals surface area (Å²) in [7, 11) is 1.87. The highest BCUT2D eigenvalue weighted by Gasteiger charge is 2.20. The second-order valence-electron chi connectivity index (χ2n) is 5.37. The van der Waals surface area contributed by atoms with Crippen LogP contribution < -0.4 is 5.32 Å². The minimum Gasteiger partial charge on any atom is -0.303 e. The van der Waals surface area contributed by atoms with Crippen LogP contribution in [0.15, 0.2) is 0 Å². The summed E-state index contributed by atoms with van der Waals surface area (Å²) in [6, 6.07) is 2.35. The lowest BCUT2D eigenvalue weighted by Crippen LogP contribution is -2.39. The van der Waals surface area contributed by atoms with E-state index in [1.54, 1.807) is 0 Å². The average molecular weight is 253 g/mol. The lowest BCUT2D eigenvalue weighted by Gasteiger charge is -2.27. The second-order valence-corrected chi connectivity index (χ2v) is 5.37. The Balaban J connectivity index is 4.05. The summed E-state index contributed by atoms with van der Waals surface area (Å²) in [5, 5.41) is 12.2. The molecule has 1 atom stereocenters. The first-order valence-corrected chi connectivity index (χ1v) is 7.37. The van der Waals surface area contributed by atoms with Crippen LogP contribution >= 0.6 is 0 Å². The maximum Gasteiger partial charge on any atom is 0.103 e. The quantitative estimate of drug-likeness (QED) is 0.650. The number of hydrogen-bond acceptors (Lipinski definition) is 3. The Morgan fingerprint density at radius 2 is 1.89 bits per heavy atom. The monoisotopic (exact) mass is 253 g/mol. The summed E-state index contributed by atoms with van der Waals surface area (Å²) in [6.45, 7) is 12.2. The van der Waals surface area contributed by atoms with Crippen molar-refractivity contribution >= 4 is 0 Å². The van der Waals surface area contributed by atoms with Crippen LogP contribution in [0.4, 0.5) is 0 Å². The van der Waals surface area contributed by atoms with Gasteiger partial charge in [0.1, 0.15) is 5.54 Å². The molecule has 0 heterocycles. The topological polar surface area (TPSA) is 39.1 Å². The summed E-state index contributed by atoms with van der Waals surface area (Å²) in [5.74, 6) is 0.816. The van der Waals surface area contributed by atoms with Crippen molar-refractivity contribution in [3.05, 3.63) is 0 Å². The lowest BCUT2D eigenvalue weighted by molar-refractivity contribution is 0.224. The van der Waals surface area contributed by atoms with E-state index in [0.29, 0.717) is 0 Å². The summed E-state index contributed by atoms with van der Waals surface area (Å²) >= 11 is 0. The molecule has 3 heteroatoms. The molecule has 0 aromatic heterocycles. The van der Waals surface area contributed by atoms with Crippen LogP contribution in [-0.2, 0) is 0 Å². The van der Waals surface area contributed by atoms with E-state index in [2.05, 4.69) is 37.1 Å². The van der Waals surface area contributed by atoms with Crippen LogP contribution in [0.1, 0.15) is 53.4 Å². The molecular weight excluding hydrogens is 222 g/mol. The van der Waals surface area contributed by atoms with Crippen molar-refractivity contribution in [2.75, 3.05) is 26.7 Å². The molecule has 1 unspecified atom stereocenters. The number of nitriles is 1. The van der Waals surface area contributed by atoms with Gasteiger partial charge < -0.3 is 10.2 Å². The molecule has 0 aliphatic rings. The molecular formula is C15H31N3. The van der Waals surface area contributed by atoms with Crippen molar-refractivity contribution in [3.63, 3.8) is 0 Å². The van der Waals surface area contributed by atoms with Gasteiger partial charge in [-0.05, 0) is 45.8 Å². The van der Waals surface area contributed by atoms with Crippen molar-refractivity contribution in [1.82, 2.24) is 10.2 Å². The molecule has 0 amide bonds. The standard InChI is InChI=1S/C15H31N3/c1-6-14(7-2)12-18(8-3)11-9-10-15(4,13-16)17-5/h14,17H,6-12H2,1-5H3. The van der Waals surface area contributed by atoms with Crippen molar-refractivity contribution in [3.8, 4) is 6.07 Å². The van der Waals surface area contributed by atoms with Gasteiger partial charge in [-0.2, -0.15) is 5.26 Å². The van der Waals surface area contributed by atoms with Crippen LogP contribution in [0.5, 0.6) is 0 Å². The summed E-state index contributed by atoms with van der Waals surface area (Å²) in [6.07, 6.45) is 4.52. The minimum absolute atomic E-state index is 0.367. The van der Waals surface area contributed by atoms with E-state index in [1.165, 1.54) is 19.4 Å². The van der Waals surface area contributed by atoms with Crippen molar-refractivity contribution in [1.29, 1.82) is 5.26 Å². The lowest BCUT2D eigenvalue weighted by atomic mass is 9.97. The van der Waals surface area contributed by atoms with Crippen LogP contribution in [0.2, 0.25) is 0 Å². The Hall–Kier alpha value is -0.590. The van der Waals surface area contributed by atoms with E-state index in [9.17, 15) is 0 Å². The molecule has 0 radical (unpaired) electrons. The molecule has 0 aromatic carbocycles. The maximum atomic E-state index is 9.10. The molecule has 0 spiro atoms. The van der Waals surface area contributed by atoms with Gasteiger partial charge in [-0.25, -0.2) is 0 Å². The summed E-state index contributed by atoms with van der Waals surface area (Å²) in [5.41, 5.74) is -0.367. The maximum absolute atomic E-state index is 9.10. The van der Waals surface area contributed by atoms with Crippen LogP contribution in [0, 0.1) is 17.2 Å². The molecule has 0 saturated carbocycles. The molecule has 0 fully saturated rings. The fourth-order valence-electron chi connectivity index (χ4n) is 2.18. The van der Waals surface area contributed by atoms with Crippen molar-refractivity contribution in [2.24, 2.45) is 5.92 Å². The van der Waals surface area contributed by atoms with E-state index in [1.807, 2.05) is 14.0 Å². The Bertz CT molecular complexity index is 243. The highest BCUT2D eigenvalue weighted by Crippen LogP contribution is 2.13. The largest absolute Gasteiger partial charge is 0.303 e. The van der Waals surface area contributed by atoms with Gasteiger partial charge in [0.2, 0.25) is 0 Å². The third-order valence-corrected chi connectivity index (χ3v) is 4.07. The second kappa shape index (κ2) is 9.35. The van der Waals surface area contributed by atoms with Gasteiger partial charge in [0.05, 0.1) is 6.07 Å². The van der Waals surface area contributed by atoms with Gasteiger partial charge in [-0.1, -0.05) is 33.6 Å². The van der Waals surface area contributed by atoms with Crippen molar-refractivity contribution in [2.45, 2.75) is 58.9 Å². The van der Waals surface area contributed by atoms with Gasteiger partial charge in [0.25, 0.3) is 0 Å². The minimum atomic E-state index is -0.367. The van der Waals surface area contributed by atoms with Gasteiger partial charge in [-0.3, -0.25) is 0 Å². The molecule has 0 aromatic rings. The molecule has 0 bridgehead atoms. The number of nitrogens with zero attached hydrogens (tertiary/aromatic N) is 2. The Morgan fingerprint density at radius 3 is 2.28 bits per heavy atom. The zero-order valence-electron chi connectivity index (χ0n) is 12.9. The molecule has 1 N–H and O–H groups in total. The first kappa shape index (κ1) is 17.4. The van der Waals surface area contributed by atoms with Crippen molar-refractivity contribution < 1.29 is 0 Å². The van der Waals surface area contributed by atoms with Crippen LogP contribution in [0.3, 0.4) is 0 Å². The van der Waals surface area contributed by atoms with E-state index >= 15 is 0 Å². The Kier molecular flexibility index (Phi) is 9.05. The number of hydrogen-bond donors (Lipinski definition) is 1. The molecule has 0 rings (SSSR count). The summed E-state index contributed by atoms with van der Waals surface area (Å²) in [4.78, 5) is 2.52. The SMILES string of the molecule is CCC(CC)CN(CC)CCCC(C)(C#N)NC. The normalized spacial score (nSPS) is 14.8. The fourth-order valence-corrected chi connectivity index (χ4v) is 2.18. The third kappa shape index (κ3) is 6.37. The van der Waals surface area contributed by atoms with Gasteiger partial charge in [0.15, 0.2) is 0 Å². The fraction of sp³-hybridized carbons (Fsp3) is 0.933.